The zero-order valence-corrected chi connectivity index (χ0v) is 15.7. The van der Waals surface area contributed by atoms with E-state index in [2.05, 4.69) is 10.4 Å². The molecule has 0 radical (unpaired) electrons. The number of nitrogens with zero attached hydrogens (tertiary/aromatic N) is 2. The van der Waals surface area contributed by atoms with Crippen LogP contribution < -0.4 is 10.1 Å². The van der Waals surface area contributed by atoms with Crippen molar-refractivity contribution in [1.82, 2.24) is 15.1 Å². The van der Waals surface area contributed by atoms with Crippen molar-refractivity contribution in [3.8, 4) is 11.4 Å². The molecular weight excluding hydrogens is 361 g/mol. The maximum atomic E-state index is 14.3. The summed E-state index contributed by atoms with van der Waals surface area (Å²) in [7, 11) is 0. The largest absolute Gasteiger partial charge is 0.491 e. The molecule has 1 unspecified atom stereocenters. The molecule has 3 rings (SSSR count). The Morgan fingerprint density at radius 3 is 2.75 bits per heavy atom. The van der Waals surface area contributed by atoms with Crippen molar-refractivity contribution in [2.45, 2.75) is 26.1 Å². The highest BCUT2D eigenvalue weighted by atomic mass is 19.1. The molecule has 0 bridgehead atoms. The Balaban J connectivity index is 1.63. The number of rotatable bonds is 7. The average molecular weight is 383 g/mol. The molecule has 7 heteroatoms. The third-order valence-corrected chi connectivity index (χ3v) is 4.03. The number of hydrogen-bond acceptors (Lipinski definition) is 4. The average Bonchev–Trinajstić information content (AvgIpc) is 3.19. The second-order valence-corrected chi connectivity index (χ2v) is 6.58. The van der Waals surface area contributed by atoms with Crippen molar-refractivity contribution < 1.29 is 19.0 Å². The molecule has 0 saturated carbocycles. The first-order chi connectivity index (χ1) is 13.4. The van der Waals surface area contributed by atoms with Crippen LogP contribution in [0.1, 0.15) is 35.9 Å². The number of carbonyl (C=O) groups excluding carboxylic acids is 1. The van der Waals surface area contributed by atoms with Gasteiger partial charge in [-0.15, -0.1) is 0 Å². The summed E-state index contributed by atoms with van der Waals surface area (Å²) in [6.45, 7) is 3.83. The Morgan fingerprint density at radius 2 is 2.07 bits per heavy atom. The first kappa shape index (κ1) is 19.6. The first-order valence-electron chi connectivity index (χ1n) is 8.96. The number of nitrogens with one attached hydrogen (secondary N) is 1. The lowest BCUT2D eigenvalue weighted by Crippen LogP contribution is -2.28. The molecule has 0 aliphatic rings. The molecule has 0 aliphatic carbocycles. The van der Waals surface area contributed by atoms with Gasteiger partial charge in [0, 0.05) is 24.5 Å². The van der Waals surface area contributed by atoms with E-state index in [1.54, 1.807) is 42.7 Å². The zero-order chi connectivity index (χ0) is 20.1. The number of hydrogen-bond donors (Lipinski definition) is 2. The standard InChI is InChI=1S/C21H22FN3O3/c1-14(2)28-17-6-3-5-15(11-17)20(26)13-23-21(27)16-7-8-19(18(22)12-16)25-10-4-9-24-25/h3-12,14,20,26H,13H2,1-2H3,(H,23,27). The van der Waals surface area contributed by atoms with E-state index < -0.39 is 17.8 Å². The van der Waals surface area contributed by atoms with Gasteiger partial charge in [0.15, 0.2) is 0 Å². The summed E-state index contributed by atoms with van der Waals surface area (Å²) >= 11 is 0. The molecule has 28 heavy (non-hydrogen) atoms. The van der Waals surface area contributed by atoms with Crippen LogP contribution in [0.5, 0.6) is 5.75 Å². The monoisotopic (exact) mass is 383 g/mol. The lowest BCUT2D eigenvalue weighted by molar-refractivity contribution is 0.0915. The number of benzene rings is 2. The lowest BCUT2D eigenvalue weighted by Gasteiger charge is -2.15. The quantitative estimate of drug-likeness (QED) is 0.657. The minimum atomic E-state index is -0.909. The van der Waals surface area contributed by atoms with Crippen molar-refractivity contribution in [2.24, 2.45) is 0 Å². The smallest absolute Gasteiger partial charge is 0.251 e. The Kier molecular flexibility index (Phi) is 6.06. The van der Waals surface area contributed by atoms with Crippen LogP contribution in [-0.4, -0.2) is 33.4 Å². The van der Waals surface area contributed by atoms with E-state index in [9.17, 15) is 14.3 Å². The van der Waals surface area contributed by atoms with Crippen LogP contribution in [0.15, 0.2) is 60.9 Å². The van der Waals surface area contributed by atoms with Crippen LogP contribution in [-0.2, 0) is 0 Å². The van der Waals surface area contributed by atoms with E-state index in [0.29, 0.717) is 11.3 Å². The van der Waals surface area contributed by atoms with Gasteiger partial charge < -0.3 is 15.2 Å². The number of aliphatic hydroxyl groups is 1. The second kappa shape index (κ2) is 8.67. The van der Waals surface area contributed by atoms with E-state index in [4.69, 9.17) is 4.74 Å². The van der Waals surface area contributed by atoms with Gasteiger partial charge in [-0.05, 0) is 55.8 Å². The summed E-state index contributed by atoms with van der Waals surface area (Å²) < 4.78 is 21.3. The molecule has 2 N–H and O–H groups in total. The lowest BCUT2D eigenvalue weighted by atomic mass is 10.1. The third kappa shape index (κ3) is 4.75. The van der Waals surface area contributed by atoms with E-state index >= 15 is 0 Å². The molecule has 0 aliphatic heterocycles. The Hall–Kier alpha value is -3.19. The Labute approximate surface area is 162 Å². The third-order valence-electron chi connectivity index (χ3n) is 4.03. The van der Waals surface area contributed by atoms with E-state index in [-0.39, 0.29) is 23.9 Å². The summed E-state index contributed by atoms with van der Waals surface area (Å²) in [6.07, 6.45) is 2.27. The fraction of sp³-hybridized carbons (Fsp3) is 0.238. The van der Waals surface area contributed by atoms with Gasteiger partial charge in [0.1, 0.15) is 17.3 Å². The van der Waals surface area contributed by atoms with Gasteiger partial charge in [0.05, 0.1) is 12.2 Å². The summed E-state index contributed by atoms with van der Waals surface area (Å²) in [5.74, 6) is -0.385. The van der Waals surface area contributed by atoms with Gasteiger partial charge in [-0.25, -0.2) is 9.07 Å². The van der Waals surface area contributed by atoms with Crippen LogP contribution in [0.25, 0.3) is 5.69 Å². The number of amides is 1. The normalized spacial score (nSPS) is 12.0. The Bertz CT molecular complexity index is 942. The van der Waals surface area contributed by atoms with Crippen LogP contribution in [0, 0.1) is 5.82 Å². The van der Waals surface area contributed by atoms with Crippen LogP contribution in [0.2, 0.25) is 0 Å². The molecule has 1 aromatic heterocycles. The van der Waals surface area contributed by atoms with Gasteiger partial charge in [-0.3, -0.25) is 4.79 Å². The highest BCUT2D eigenvalue weighted by molar-refractivity contribution is 5.94. The van der Waals surface area contributed by atoms with E-state index in [1.807, 2.05) is 13.8 Å². The summed E-state index contributed by atoms with van der Waals surface area (Å²) in [4.78, 5) is 12.3. The molecule has 0 saturated heterocycles. The van der Waals surface area contributed by atoms with Gasteiger partial charge in [0.25, 0.3) is 5.91 Å². The van der Waals surface area contributed by atoms with Crippen LogP contribution >= 0.6 is 0 Å². The molecule has 1 atom stereocenters. The Morgan fingerprint density at radius 1 is 1.25 bits per heavy atom. The van der Waals surface area contributed by atoms with E-state index in [1.165, 1.54) is 16.8 Å². The first-order valence-corrected chi connectivity index (χ1v) is 8.96. The van der Waals surface area contributed by atoms with Gasteiger partial charge in [-0.2, -0.15) is 5.10 Å². The number of halogens is 1. The van der Waals surface area contributed by atoms with Crippen molar-refractivity contribution in [2.75, 3.05) is 6.54 Å². The summed E-state index contributed by atoms with van der Waals surface area (Å²) in [6, 6.07) is 12.9. The fourth-order valence-corrected chi connectivity index (χ4v) is 2.72. The second-order valence-electron chi connectivity index (χ2n) is 6.58. The molecule has 3 aromatic rings. The van der Waals surface area contributed by atoms with Gasteiger partial charge >= 0.3 is 0 Å². The SMILES string of the molecule is CC(C)Oc1cccc(C(O)CNC(=O)c2ccc(-n3cccn3)c(F)c2)c1. The minimum absolute atomic E-state index is 0.00745. The number of aromatic nitrogens is 2. The maximum absolute atomic E-state index is 14.3. The minimum Gasteiger partial charge on any atom is -0.491 e. The zero-order valence-electron chi connectivity index (χ0n) is 15.7. The van der Waals surface area contributed by atoms with Gasteiger partial charge in [-0.1, -0.05) is 12.1 Å². The molecule has 1 heterocycles. The molecule has 0 fully saturated rings. The highest BCUT2D eigenvalue weighted by Crippen LogP contribution is 2.20. The van der Waals surface area contributed by atoms with Crippen molar-refractivity contribution in [3.63, 3.8) is 0 Å². The predicted octanol–water partition coefficient (Wildman–Crippen LogP) is 3.26. The number of aliphatic hydroxyl groups excluding tert-OH is 1. The van der Waals surface area contributed by atoms with Crippen molar-refractivity contribution in [3.05, 3.63) is 77.9 Å². The molecule has 2 aromatic carbocycles. The predicted molar refractivity (Wildman–Crippen MR) is 103 cm³/mol. The van der Waals surface area contributed by atoms with Crippen molar-refractivity contribution in [1.29, 1.82) is 0 Å². The fourth-order valence-electron chi connectivity index (χ4n) is 2.72. The number of ether oxygens (including phenoxy) is 1. The van der Waals surface area contributed by atoms with Crippen LogP contribution in [0.4, 0.5) is 4.39 Å². The van der Waals surface area contributed by atoms with Gasteiger partial charge in [0.2, 0.25) is 0 Å². The molecule has 146 valence electrons. The molecular formula is C21H22FN3O3. The highest BCUT2D eigenvalue weighted by Gasteiger charge is 2.14. The molecule has 6 nitrogen and oxygen atoms in total. The van der Waals surface area contributed by atoms with E-state index in [0.717, 1.165) is 6.07 Å². The molecule has 1 amide bonds. The van der Waals surface area contributed by atoms with Crippen molar-refractivity contribution >= 4 is 5.91 Å². The molecule has 0 spiro atoms. The topological polar surface area (TPSA) is 76.4 Å². The summed E-state index contributed by atoms with van der Waals surface area (Å²) in [5.41, 5.74) is 1.04. The maximum Gasteiger partial charge on any atom is 0.251 e. The van der Waals surface area contributed by atoms with Crippen LogP contribution in [0.3, 0.4) is 0 Å². The summed E-state index contributed by atoms with van der Waals surface area (Å²) in [5, 5.41) is 16.9. The number of carbonyl (C=O) groups is 1.